The third-order valence-electron chi connectivity index (χ3n) is 2.48. The summed E-state index contributed by atoms with van der Waals surface area (Å²) in [7, 11) is -5.88. The van der Waals surface area contributed by atoms with Crippen molar-refractivity contribution in [1.82, 2.24) is 4.72 Å². The number of nitrogens with one attached hydrogen (secondary N) is 2. The second kappa shape index (κ2) is 6.39. The summed E-state index contributed by atoms with van der Waals surface area (Å²) in [4.78, 5) is 0.00982. The molecule has 0 saturated heterocycles. The van der Waals surface area contributed by atoms with E-state index in [0.717, 1.165) is 0 Å². The first-order chi connectivity index (χ1) is 9.15. The zero-order valence-corrected chi connectivity index (χ0v) is 12.6. The fourth-order valence-corrected chi connectivity index (χ4v) is 3.00. The molecule has 6 N–H and O–H groups in total. The molecule has 0 atom stereocenters. The van der Waals surface area contributed by atoms with Crippen LogP contribution in [0.1, 0.15) is 6.42 Å². The normalized spacial score (nSPS) is 12.3. The number of hydrogen-bond donors (Lipinski definition) is 4. The van der Waals surface area contributed by atoms with Gasteiger partial charge in [-0.15, -0.1) is 0 Å². The molecule has 0 aliphatic rings. The Morgan fingerprint density at radius 2 is 1.85 bits per heavy atom. The Kier molecular flexibility index (Phi) is 5.34. The monoisotopic (exact) mass is 322 g/mol. The van der Waals surface area contributed by atoms with Crippen LogP contribution in [-0.4, -0.2) is 36.2 Å². The molecule has 0 saturated carbocycles. The van der Waals surface area contributed by atoms with Crippen molar-refractivity contribution < 1.29 is 16.8 Å². The summed E-state index contributed by atoms with van der Waals surface area (Å²) in [5, 5.41) is 7.74. The lowest BCUT2D eigenvalue weighted by atomic mass is 10.3. The van der Waals surface area contributed by atoms with Gasteiger partial charge in [0.25, 0.3) is 0 Å². The molecule has 0 aliphatic carbocycles. The van der Waals surface area contributed by atoms with Gasteiger partial charge >= 0.3 is 0 Å². The lowest BCUT2D eigenvalue weighted by molar-refractivity contribution is 0.587. The van der Waals surface area contributed by atoms with Gasteiger partial charge < -0.3 is 11.1 Å². The summed E-state index contributed by atoms with van der Waals surface area (Å²) in [6, 6.07) is 4.40. The summed E-state index contributed by atoms with van der Waals surface area (Å²) in [5.41, 5.74) is 6.24. The van der Waals surface area contributed by atoms with Gasteiger partial charge in [0.15, 0.2) is 0 Å². The average Bonchev–Trinajstić information content (AvgIpc) is 2.34. The predicted molar refractivity (Wildman–Crippen MR) is 78.2 cm³/mol. The summed E-state index contributed by atoms with van der Waals surface area (Å²) in [6.45, 7) is 0.270. The SMILES string of the molecule is CNS(=O)(=O)c1cc(N)ccc1NCCCS(N)(=O)=O. The van der Waals surface area contributed by atoms with Gasteiger partial charge in [-0.05, 0) is 31.7 Å². The smallest absolute Gasteiger partial charge is 0.242 e. The van der Waals surface area contributed by atoms with Crippen LogP contribution in [0.15, 0.2) is 23.1 Å². The number of benzene rings is 1. The lowest BCUT2D eigenvalue weighted by Crippen LogP contribution is -2.22. The number of nitrogen functional groups attached to an aromatic ring is 1. The molecule has 0 fully saturated rings. The first kappa shape index (κ1) is 16.7. The fraction of sp³-hybridized carbons (Fsp3) is 0.400. The maximum absolute atomic E-state index is 11.8. The molecule has 8 nitrogen and oxygen atoms in total. The van der Waals surface area contributed by atoms with Gasteiger partial charge in [-0.2, -0.15) is 0 Å². The third kappa shape index (κ3) is 4.96. The number of primary sulfonamides is 1. The minimum atomic E-state index is -3.65. The van der Waals surface area contributed by atoms with E-state index < -0.39 is 20.0 Å². The second-order valence-corrected chi connectivity index (χ2v) is 7.70. The van der Waals surface area contributed by atoms with Gasteiger partial charge in [0.05, 0.1) is 11.4 Å². The van der Waals surface area contributed by atoms with Crippen LogP contribution in [0.5, 0.6) is 0 Å². The van der Waals surface area contributed by atoms with Crippen LogP contribution in [-0.2, 0) is 20.0 Å². The molecule has 0 spiro atoms. The van der Waals surface area contributed by atoms with E-state index in [0.29, 0.717) is 11.4 Å². The molecule has 0 unspecified atom stereocenters. The maximum Gasteiger partial charge on any atom is 0.242 e. The van der Waals surface area contributed by atoms with Crippen molar-refractivity contribution in [2.24, 2.45) is 5.14 Å². The van der Waals surface area contributed by atoms with Crippen molar-refractivity contribution in [3.63, 3.8) is 0 Å². The molecule has 10 heteroatoms. The van der Waals surface area contributed by atoms with Crippen molar-refractivity contribution in [2.45, 2.75) is 11.3 Å². The first-order valence-corrected chi connectivity index (χ1v) is 8.93. The molecule has 1 aromatic carbocycles. The topological polar surface area (TPSA) is 144 Å². The van der Waals surface area contributed by atoms with E-state index in [1.807, 2.05) is 0 Å². The number of rotatable bonds is 7. The highest BCUT2D eigenvalue weighted by atomic mass is 32.2. The molecule has 0 amide bonds. The summed E-state index contributed by atoms with van der Waals surface area (Å²) >= 11 is 0. The lowest BCUT2D eigenvalue weighted by Gasteiger charge is -2.12. The van der Waals surface area contributed by atoms with Crippen LogP contribution in [0.3, 0.4) is 0 Å². The van der Waals surface area contributed by atoms with Crippen LogP contribution in [0.4, 0.5) is 11.4 Å². The molecule has 20 heavy (non-hydrogen) atoms. The highest BCUT2D eigenvalue weighted by Gasteiger charge is 2.16. The minimum Gasteiger partial charge on any atom is -0.399 e. The van der Waals surface area contributed by atoms with Gasteiger partial charge in [-0.25, -0.2) is 26.7 Å². The second-order valence-electron chi connectivity index (χ2n) is 4.11. The van der Waals surface area contributed by atoms with E-state index >= 15 is 0 Å². The van der Waals surface area contributed by atoms with Crippen molar-refractivity contribution in [3.8, 4) is 0 Å². The van der Waals surface area contributed by atoms with E-state index in [1.165, 1.54) is 19.2 Å². The van der Waals surface area contributed by atoms with Gasteiger partial charge in [0.2, 0.25) is 20.0 Å². The highest BCUT2D eigenvalue weighted by Crippen LogP contribution is 2.23. The van der Waals surface area contributed by atoms with E-state index in [1.54, 1.807) is 6.07 Å². The Morgan fingerprint density at radius 3 is 2.40 bits per heavy atom. The van der Waals surface area contributed by atoms with Crippen LogP contribution in [0, 0.1) is 0 Å². The first-order valence-electron chi connectivity index (χ1n) is 5.73. The van der Waals surface area contributed by atoms with Crippen molar-refractivity contribution in [3.05, 3.63) is 18.2 Å². The van der Waals surface area contributed by atoms with Crippen LogP contribution in [0.2, 0.25) is 0 Å². The molecule has 114 valence electrons. The largest absolute Gasteiger partial charge is 0.399 e. The number of sulfonamides is 2. The highest BCUT2D eigenvalue weighted by molar-refractivity contribution is 7.89. The maximum atomic E-state index is 11.8. The molecule has 0 heterocycles. The Balaban J connectivity index is 2.86. The average molecular weight is 322 g/mol. The zero-order chi connectivity index (χ0) is 15.4. The number of nitrogens with two attached hydrogens (primary N) is 2. The van der Waals surface area contributed by atoms with Gasteiger partial charge in [0.1, 0.15) is 4.90 Å². The van der Waals surface area contributed by atoms with Crippen molar-refractivity contribution in [2.75, 3.05) is 30.4 Å². The summed E-state index contributed by atoms with van der Waals surface area (Å²) < 4.78 is 47.5. The Labute approximate surface area is 118 Å². The van der Waals surface area contributed by atoms with Gasteiger partial charge in [-0.3, -0.25) is 0 Å². The molecule has 0 radical (unpaired) electrons. The van der Waals surface area contributed by atoms with Crippen LogP contribution in [0.25, 0.3) is 0 Å². The standard InChI is InChI=1S/C10H18N4O4S2/c1-13-20(17,18)10-7-8(11)3-4-9(10)14-5-2-6-19(12,15)16/h3-4,7,13-14H,2,5-6,11H2,1H3,(H2,12,15,16). The summed E-state index contributed by atoms with van der Waals surface area (Å²) in [5.74, 6) is -0.177. The number of hydrogen-bond acceptors (Lipinski definition) is 6. The predicted octanol–water partition coefficient (Wildman–Crippen LogP) is -0.733. The molecule has 0 aliphatic heterocycles. The summed E-state index contributed by atoms with van der Waals surface area (Å²) in [6.07, 6.45) is 0.266. The zero-order valence-electron chi connectivity index (χ0n) is 11.0. The molecular formula is C10H18N4O4S2. The van der Waals surface area contributed by atoms with E-state index in [4.69, 9.17) is 10.9 Å². The van der Waals surface area contributed by atoms with Crippen molar-refractivity contribution in [1.29, 1.82) is 0 Å². The van der Waals surface area contributed by atoms with E-state index in [9.17, 15) is 16.8 Å². The Bertz CT molecular complexity index is 670. The quantitative estimate of drug-likeness (QED) is 0.384. The molecular weight excluding hydrogens is 304 g/mol. The van der Waals surface area contributed by atoms with Crippen molar-refractivity contribution >= 4 is 31.4 Å². The fourth-order valence-electron chi connectivity index (χ4n) is 1.51. The van der Waals surface area contributed by atoms with Crippen LogP contribution < -0.4 is 20.9 Å². The number of anilines is 2. The van der Waals surface area contributed by atoms with E-state index in [2.05, 4.69) is 10.0 Å². The molecule has 0 aromatic heterocycles. The van der Waals surface area contributed by atoms with Gasteiger partial charge in [-0.1, -0.05) is 0 Å². The molecule has 1 rings (SSSR count). The minimum absolute atomic E-state index is 0.00982. The third-order valence-corrected chi connectivity index (χ3v) is 4.80. The Morgan fingerprint density at radius 1 is 1.20 bits per heavy atom. The van der Waals surface area contributed by atoms with E-state index in [-0.39, 0.29) is 23.6 Å². The Hall–Kier alpha value is -1.36. The molecule has 0 bridgehead atoms. The van der Waals surface area contributed by atoms with Gasteiger partial charge in [0, 0.05) is 12.2 Å². The molecule has 1 aromatic rings. The van der Waals surface area contributed by atoms with Crippen LogP contribution >= 0.6 is 0 Å².